The van der Waals surface area contributed by atoms with Crippen molar-refractivity contribution in [2.75, 3.05) is 6.67 Å². The Labute approximate surface area is 96.0 Å². The lowest BCUT2D eigenvalue weighted by atomic mass is 10.1. The standard InChI is InChI=1S/C8H8BrClFN.ClH/c9-7-2-1-5(10)3-6(7)8(12)4-11;/h1-3,8H,4,12H2;1H/t8-;/m0./s1. The smallest absolute Gasteiger partial charge is 0.109 e. The molecule has 0 unspecified atom stereocenters. The maximum atomic E-state index is 12.2. The van der Waals surface area contributed by atoms with Gasteiger partial charge in [-0.2, -0.15) is 0 Å². The molecule has 1 nitrogen and oxygen atoms in total. The normalized spacial score (nSPS) is 12.0. The molecule has 2 N–H and O–H groups in total. The third-order valence-corrected chi connectivity index (χ3v) is 2.48. The minimum atomic E-state index is -0.599. The average Bonchev–Trinajstić information content (AvgIpc) is 2.08. The second-order valence-electron chi connectivity index (χ2n) is 2.43. The maximum Gasteiger partial charge on any atom is 0.109 e. The summed E-state index contributed by atoms with van der Waals surface area (Å²) in [6.07, 6.45) is 0. The maximum absolute atomic E-state index is 12.2. The zero-order chi connectivity index (χ0) is 9.14. The molecule has 0 saturated heterocycles. The summed E-state index contributed by atoms with van der Waals surface area (Å²) in [5, 5.41) is 0.567. The van der Waals surface area contributed by atoms with Gasteiger partial charge in [0.25, 0.3) is 0 Å². The van der Waals surface area contributed by atoms with Gasteiger partial charge in [0.05, 0.1) is 6.04 Å². The van der Waals surface area contributed by atoms with Crippen LogP contribution in [0.3, 0.4) is 0 Å². The van der Waals surface area contributed by atoms with Crippen LogP contribution in [0, 0.1) is 0 Å². The Morgan fingerprint density at radius 2 is 2.15 bits per heavy atom. The summed E-state index contributed by atoms with van der Waals surface area (Å²) >= 11 is 8.99. The number of rotatable bonds is 2. The van der Waals surface area contributed by atoms with Crippen molar-refractivity contribution in [1.29, 1.82) is 0 Å². The first-order valence-electron chi connectivity index (χ1n) is 3.41. The monoisotopic (exact) mass is 287 g/mol. The fourth-order valence-corrected chi connectivity index (χ4v) is 1.60. The highest BCUT2D eigenvalue weighted by molar-refractivity contribution is 9.10. The van der Waals surface area contributed by atoms with Gasteiger partial charge in [-0.1, -0.05) is 27.5 Å². The largest absolute Gasteiger partial charge is 0.322 e. The van der Waals surface area contributed by atoms with Crippen LogP contribution in [0.5, 0.6) is 0 Å². The van der Waals surface area contributed by atoms with E-state index in [9.17, 15) is 4.39 Å². The summed E-state index contributed by atoms with van der Waals surface area (Å²) < 4.78 is 13.0. The molecule has 0 aliphatic carbocycles. The second-order valence-corrected chi connectivity index (χ2v) is 3.72. The molecule has 0 amide bonds. The van der Waals surface area contributed by atoms with Crippen molar-refractivity contribution in [3.63, 3.8) is 0 Å². The van der Waals surface area contributed by atoms with E-state index < -0.39 is 12.7 Å². The Bertz CT molecular complexity index is 283. The molecule has 1 atom stereocenters. The zero-order valence-electron chi connectivity index (χ0n) is 6.64. The first-order valence-corrected chi connectivity index (χ1v) is 4.58. The molecule has 1 aromatic rings. The lowest BCUT2D eigenvalue weighted by Gasteiger charge is -2.09. The van der Waals surface area contributed by atoms with Gasteiger partial charge in [0.2, 0.25) is 0 Å². The molecule has 13 heavy (non-hydrogen) atoms. The molecule has 0 bridgehead atoms. The number of halogens is 4. The van der Waals surface area contributed by atoms with E-state index in [1.807, 2.05) is 0 Å². The number of benzene rings is 1. The van der Waals surface area contributed by atoms with Gasteiger partial charge >= 0.3 is 0 Å². The van der Waals surface area contributed by atoms with Crippen molar-refractivity contribution in [3.8, 4) is 0 Å². The molecule has 0 heterocycles. The summed E-state index contributed by atoms with van der Waals surface area (Å²) in [6, 6.07) is 4.54. The van der Waals surface area contributed by atoms with Crippen LogP contribution in [0.4, 0.5) is 4.39 Å². The lowest BCUT2D eigenvalue weighted by molar-refractivity contribution is 0.436. The van der Waals surface area contributed by atoms with Crippen molar-refractivity contribution >= 4 is 39.9 Å². The van der Waals surface area contributed by atoms with E-state index in [0.29, 0.717) is 10.6 Å². The molecular weight excluding hydrogens is 280 g/mol. The van der Waals surface area contributed by atoms with E-state index in [4.69, 9.17) is 17.3 Å². The predicted molar refractivity (Wildman–Crippen MR) is 59.3 cm³/mol. The van der Waals surface area contributed by atoms with Gasteiger partial charge in [-0.15, -0.1) is 12.4 Å². The van der Waals surface area contributed by atoms with Gasteiger partial charge in [0.15, 0.2) is 0 Å². The SMILES string of the molecule is Cl.N[C@@H](CF)c1cc(Cl)ccc1Br. The first kappa shape index (κ1) is 13.2. The molecule has 0 aliphatic heterocycles. The Morgan fingerprint density at radius 3 is 2.69 bits per heavy atom. The van der Waals surface area contributed by atoms with Crippen molar-refractivity contribution in [3.05, 3.63) is 33.3 Å². The van der Waals surface area contributed by atoms with Crippen molar-refractivity contribution in [2.45, 2.75) is 6.04 Å². The van der Waals surface area contributed by atoms with Gasteiger partial charge < -0.3 is 5.73 Å². The van der Waals surface area contributed by atoms with Gasteiger partial charge in [0.1, 0.15) is 6.67 Å². The number of hydrogen-bond donors (Lipinski definition) is 1. The fourth-order valence-electron chi connectivity index (χ4n) is 0.882. The van der Waals surface area contributed by atoms with Crippen LogP contribution in [0.2, 0.25) is 5.02 Å². The summed E-state index contributed by atoms with van der Waals surface area (Å²) in [6.45, 7) is -0.584. The third-order valence-electron chi connectivity index (χ3n) is 1.52. The van der Waals surface area contributed by atoms with Crippen molar-refractivity contribution in [2.24, 2.45) is 5.73 Å². The van der Waals surface area contributed by atoms with Crippen LogP contribution in [-0.4, -0.2) is 6.67 Å². The quantitative estimate of drug-likeness (QED) is 0.886. The predicted octanol–water partition coefficient (Wildman–Crippen LogP) is 3.49. The highest BCUT2D eigenvalue weighted by atomic mass is 79.9. The van der Waals surface area contributed by atoms with Crippen LogP contribution in [0.1, 0.15) is 11.6 Å². The Hall–Kier alpha value is 0.170. The third kappa shape index (κ3) is 3.43. The molecule has 1 aromatic carbocycles. The molecule has 5 heteroatoms. The molecule has 0 aliphatic rings. The summed E-state index contributed by atoms with van der Waals surface area (Å²) in [7, 11) is 0. The minimum absolute atomic E-state index is 0. The summed E-state index contributed by atoms with van der Waals surface area (Å²) in [4.78, 5) is 0. The van der Waals surface area contributed by atoms with E-state index in [1.165, 1.54) is 0 Å². The van der Waals surface area contributed by atoms with E-state index in [1.54, 1.807) is 18.2 Å². The average molecular weight is 289 g/mol. The molecule has 0 radical (unpaired) electrons. The molecule has 1 rings (SSSR count). The molecule has 0 spiro atoms. The zero-order valence-corrected chi connectivity index (χ0v) is 9.79. The Kier molecular flexibility index (Phi) is 5.88. The first-order chi connectivity index (χ1) is 5.65. The fraction of sp³-hybridized carbons (Fsp3) is 0.250. The highest BCUT2D eigenvalue weighted by Crippen LogP contribution is 2.25. The summed E-state index contributed by atoms with van der Waals surface area (Å²) in [5.74, 6) is 0. The van der Waals surface area contributed by atoms with E-state index >= 15 is 0 Å². The minimum Gasteiger partial charge on any atom is -0.322 e. The van der Waals surface area contributed by atoms with Gasteiger partial charge in [-0.05, 0) is 23.8 Å². The van der Waals surface area contributed by atoms with Crippen LogP contribution < -0.4 is 5.73 Å². The van der Waals surface area contributed by atoms with E-state index in [2.05, 4.69) is 15.9 Å². The number of alkyl halides is 1. The van der Waals surface area contributed by atoms with E-state index in [0.717, 1.165) is 4.47 Å². The van der Waals surface area contributed by atoms with Crippen molar-refractivity contribution < 1.29 is 4.39 Å². The highest BCUT2D eigenvalue weighted by Gasteiger charge is 2.09. The molecule has 74 valence electrons. The van der Waals surface area contributed by atoms with Crippen LogP contribution in [-0.2, 0) is 0 Å². The second kappa shape index (κ2) is 5.81. The van der Waals surface area contributed by atoms with Gasteiger partial charge in [-0.3, -0.25) is 0 Å². The van der Waals surface area contributed by atoms with Crippen LogP contribution in [0.15, 0.2) is 22.7 Å². The molecule has 0 saturated carbocycles. The van der Waals surface area contributed by atoms with Crippen molar-refractivity contribution in [1.82, 2.24) is 0 Å². The number of hydrogen-bond acceptors (Lipinski definition) is 1. The number of nitrogens with two attached hydrogens (primary N) is 1. The van der Waals surface area contributed by atoms with Crippen LogP contribution >= 0.6 is 39.9 Å². The Balaban J connectivity index is 0.00000144. The summed E-state index contributed by atoms with van der Waals surface area (Å²) in [5.41, 5.74) is 6.20. The topological polar surface area (TPSA) is 26.0 Å². The Morgan fingerprint density at radius 1 is 1.54 bits per heavy atom. The van der Waals surface area contributed by atoms with E-state index in [-0.39, 0.29) is 12.4 Å². The molecule has 0 aromatic heterocycles. The van der Waals surface area contributed by atoms with Crippen LogP contribution in [0.25, 0.3) is 0 Å². The molecular formula is C8H9BrCl2FN. The molecule has 0 fully saturated rings. The lowest BCUT2D eigenvalue weighted by Crippen LogP contribution is -2.12. The van der Waals surface area contributed by atoms with Gasteiger partial charge in [0, 0.05) is 9.50 Å². The van der Waals surface area contributed by atoms with Gasteiger partial charge in [-0.25, -0.2) is 4.39 Å².